The second kappa shape index (κ2) is 10.6. The molecule has 3 atom stereocenters. The summed E-state index contributed by atoms with van der Waals surface area (Å²) in [4.78, 5) is 11.7. The number of hydrogen-bond donors (Lipinski definition) is 1. The minimum atomic E-state index is -4.80. The summed E-state index contributed by atoms with van der Waals surface area (Å²) in [6.07, 6.45) is -1.55. The van der Waals surface area contributed by atoms with Crippen LogP contribution in [0.3, 0.4) is 0 Å². The molecule has 1 aliphatic carbocycles. The summed E-state index contributed by atoms with van der Waals surface area (Å²) in [7, 11) is -4.02. The van der Waals surface area contributed by atoms with Crippen molar-refractivity contribution in [3.05, 3.63) is 48.5 Å². The lowest BCUT2D eigenvalue weighted by Gasteiger charge is -2.38. The smallest absolute Gasteiger partial charge is 0.457 e. The summed E-state index contributed by atoms with van der Waals surface area (Å²) >= 11 is 0. The molecule has 1 aliphatic heterocycles. The van der Waals surface area contributed by atoms with E-state index in [1.165, 1.54) is 40.7 Å². The number of sulfonamides is 1. The topological polar surface area (TPSA) is 108 Å². The number of carbonyl (C=O) groups is 1. The first-order valence-corrected chi connectivity index (χ1v) is 13.1. The number of carbonyl (C=O) groups excluding carboxylic acids is 1. The fourth-order valence-electron chi connectivity index (χ4n) is 5.00. The summed E-state index contributed by atoms with van der Waals surface area (Å²) in [5, 5.41) is 0. The van der Waals surface area contributed by atoms with Crippen LogP contribution in [0.4, 0.5) is 18.0 Å². The molecular weight excluding hydrogens is 501 g/mol. The van der Waals surface area contributed by atoms with Crippen molar-refractivity contribution in [3.8, 4) is 17.2 Å². The van der Waals surface area contributed by atoms with Crippen LogP contribution in [0, 0.1) is 11.8 Å². The molecule has 1 amide bonds. The van der Waals surface area contributed by atoms with E-state index in [0.29, 0.717) is 6.42 Å². The molecule has 0 aromatic heterocycles. The Morgan fingerprint density at radius 1 is 0.889 bits per heavy atom. The monoisotopic (exact) mass is 528 g/mol. The van der Waals surface area contributed by atoms with Crippen molar-refractivity contribution in [1.82, 2.24) is 4.31 Å². The number of nitrogens with zero attached hydrogens (tertiary/aromatic N) is 1. The Bertz CT molecular complexity index is 1160. The fourth-order valence-corrected chi connectivity index (χ4v) is 6.60. The maximum absolute atomic E-state index is 13.6. The highest BCUT2D eigenvalue weighted by molar-refractivity contribution is 7.89. The van der Waals surface area contributed by atoms with E-state index in [1.807, 2.05) is 0 Å². The Balaban J connectivity index is 1.51. The van der Waals surface area contributed by atoms with Gasteiger partial charge in [-0.2, -0.15) is 4.31 Å². The number of nitrogens with two attached hydrogens (primary N) is 1. The fraction of sp³-hybridized carbons (Fsp3) is 0.458. The third-order valence-electron chi connectivity index (χ3n) is 6.53. The van der Waals surface area contributed by atoms with Gasteiger partial charge in [-0.05, 0) is 80.1 Å². The number of hydrogen-bond acceptors (Lipinski definition) is 6. The summed E-state index contributed by atoms with van der Waals surface area (Å²) in [6, 6.07) is 10.4. The molecule has 196 valence electrons. The van der Waals surface area contributed by atoms with Crippen LogP contribution in [0.25, 0.3) is 0 Å². The number of ether oxygens (including phenoxy) is 3. The maximum Gasteiger partial charge on any atom is 0.573 e. The molecule has 0 bridgehead atoms. The Labute approximate surface area is 207 Å². The standard InChI is InChI=1S/C24H27F3N2O6S/c25-24(26,27)35-19-9-7-17(8-10-19)33-18-11-13-20(14-12-18)36(31,32)29-15-3-5-16-4-1-2-6-21(16)22(29)34-23(28)30/h7-14,16,21-22H,1-6,15H2,(H2,28,30). The Hall–Kier alpha value is -2.99. The van der Waals surface area contributed by atoms with Gasteiger partial charge in [0.2, 0.25) is 10.0 Å². The number of primary amides is 1. The Morgan fingerprint density at radius 3 is 2.06 bits per heavy atom. The zero-order chi connectivity index (χ0) is 25.9. The molecule has 1 heterocycles. The quantitative estimate of drug-likeness (QED) is 0.539. The number of benzene rings is 2. The molecule has 36 heavy (non-hydrogen) atoms. The van der Waals surface area contributed by atoms with Crippen LogP contribution in [-0.4, -0.2) is 38.0 Å². The highest BCUT2D eigenvalue weighted by atomic mass is 32.2. The van der Waals surface area contributed by atoms with Gasteiger partial charge < -0.3 is 19.9 Å². The first-order chi connectivity index (χ1) is 17.0. The molecule has 1 saturated carbocycles. The van der Waals surface area contributed by atoms with Gasteiger partial charge in [-0.3, -0.25) is 0 Å². The molecule has 2 N–H and O–H groups in total. The molecule has 2 aromatic carbocycles. The molecule has 2 aliphatic rings. The zero-order valence-electron chi connectivity index (χ0n) is 19.3. The normalized spacial score (nSPS) is 23.2. The summed E-state index contributed by atoms with van der Waals surface area (Å²) in [6.45, 7) is 0.206. The van der Waals surface area contributed by atoms with Crippen LogP contribution < -0.4 is 15.2 Å². The van der Waals surface area contributed by atoms with E-state index in [-0.39, 0.29) is 40.5 Å². The zero-order valence-corrected chi connectivity index (χ0v) is 20.1. The van der Waals surface area contributed by atoms with Gasteiger partial charge in [-0.1, -0.05) is 12.8 Å². The molecular formula is C24H27F3N2O6S. The van der Waals surface area contributed by atoms with Crippen molar-refractivity contribution in [3.63, 3.8) is 0 Å². The molecule has 2 fully saturated rings. The van der Waals surface area contributed by atoms with Crippen LogP contribution in [0.15, 0.2) is 53.4 Å². The van der Waals surface area contributed by atoms with Crippen molar-refractivity contribution in [2.45, 2.75) is 56.0 Å². The van der Waals surface area contributed by atoms with Gasteiger partial charge in [0.15, 0.2) is 6.23 Å². The lowest BCUT2D eigenvalue weighted by molar-refractivity contribution is -0.274. The lowest BCUT2D eigenvalue weighted by atomic mass is 9.77. The van der Waals surface area contributed by atoms with Crippen LogP contribution in [0.2, 0.25) is 0 Å². The van der Waals surface area contributed by atoms with Gasteiger partial charge in [0.25, 0.3) is 0 Å². The summed E-state index contributed by atoms with van der Waals surface area (Å²) in [5.41, 5.74) is 5.31. The van der Waals surface area contributed by atoms with Crippen molar-refractivity contribution < 1.29 is 40.6 Å². The largest absolute Gasteiger partial charge is 0.573 e. The highest BCUT2D eigenvalue weighted by Crippen LogP contribution is 2.41. The Morgan fingerprint density at radius 2 is 1.44 bits per heavy atom. The first-order valence-electron chi connectivity index (χ1n) is 11.6. The minimum absolute atomic E-state index is 0.00361. The van der Waals surface area contributed by atoms with E-state index in [2.05, 4.69) is 4.74 Å². The van der Waals surface area contributed by atoms with Crippen LogP contribution in [0.5, 0.6) is 17.2 Å². The van der Waals surface area contributed by atoms with E-state index in [4.69, 9.17) is 15.2 Å². The number of halogens is 3. The summed E-state index contributed by atoms with van der Waals surface area (Å²) < 4.78 is 80.1. The van der Waals surface area contributed by atoms with Crippen molar-refractivity contribution >= 4 is 16.1 Å². The molecule has 1 saturated heterocycles. The lowest BCUT2D eigenvalue weighted by Crippen LogP contribution is -2.49. The van der Waals surface area contributed by atoms with Crippen LogP contribution in [-0.2, 0) is 14.8 Å². The number of rotatable bonds is 6. The average Bonchev–Trinajstić information content (AvgIpc) is 2.99. The molecule has 8 nitrogen and oxygen atoms in total. The Kier molecular flexibility index (Phi) is 7.65. The van der Waals surface area contributed by atoms with Gasteiger partial charge in [-0.15, -0.1) is 13.2 Å². The second-order valence-electron chi connectivity index (χ2n) is 8.89. The SMILES string of the molecule is NC(=O)OC1C2CCCCC2CCCN1S(=O)(=O)c1ccc(Oc2ccc(OC(F)(F)F)cc2)cc1. The third-order valence-corrected chi connectivity index (χ3v) is 8.41. The molecule has 12 heteroatoms. The van der Waals surface area contributed by atoms with Crippen LogP contribution in [0.1, 0.15) is 38.5 Å². The van der Waals surface area contributed by atoms with Gasteiger partial charge in [0.05, 0.1) is 4.90 Å². The molecule has 4 rings (SSSR count). The minimum Gasteiger partial charge on any atom is -0.457 e. The van der Waals surface area contributed by atoms with Crippen LogP contribution >= 0.6 is 0 Å². The van der Waals surface area contributed by atoms with Gasteiger partial charge in [0.1, 0.15) is 17.2 Å². The first kappa shape index (κ1) is 26.1. The number of fused-ring (bicyclic) bond motifs is 1. The van der Waals surface area contributed by atoms with E-state index in [1.54, 1.807) is 0 Å². The molecule has 3 unspecified atom stereocenters. The van der Waals surface area contributed by atoms with Crippen molar-refractivity contribution in [2.24, 2.45) is 17.6 Å². The van der Waals surface area contributed by atoms with Crippen molar-refractivity contribution in [2.75, 3.05) is 6.54 Å². The molecule has 2 aromatic rings. The van der Waals surface area contributed by atoms with Gasteiger partial charge in [-0.25, -0.2) is 13.2 Å². The van der Waals surface area contributed by atoms with Crippen molar-refractivity contribution in [1.29, 1.82) is 0 Å². The van der Waals surface area contributed by atoms with Gasteiger partial charge in [0, 0.05) is 12.5 Å². The van der Waals surface area contributed by atoms with Gasteiger partial charge >= 0.3 is 12.5 Å². The second-order valence-corrected chi connectivity index (χ2v) is 10.8. The van der Waals surface area contributed by atoms with E-state index >= 15 is 0 Å². The molecule has 0 radical (unpaired) electrons. The summed E-state index contributed by atoms with van der Waals surface area (Å²) in [5.74, 6) is 0.293. The maximum atomic E-state index is 13.6. The molecule has 0 spiro atoms. The predicted molar refractivity (Wildman–Crippen MR) is 123 cm³/mol. The number of alkyl halides is 3. The van der Waals surface area contributed by atoms with E-state index < -0.39 is 28.7 Å². The van der Waals surface area contributed by atoms with E-state index in [9.17, 15) is 26.4 Å². The number of amides is 1. The third kappa shape index (κ3) is 6.22. The average molecular weight is 529 g/mol. The highest BCUT2D eigenvalue weighted by Gasteiger charge is 2.44. The predicted octanol–water partition coefficient (Wildman–Crippen LogP) is 5.39. The van der Waals surface area contributed by atoms with E-state index in [0.717, 1.165) is 44.2 Å².